The second-order valence-corrected chi connectivity index (χ2v) is 8.46. The van der Waals surface area contributed by atoms with Gasteiger partial charge in [-0.05, 0) is 30.7 Å². The van der Waals surface area contributed by atoms with Gasteiger partial charge in [-0.1, -0.05) is 23.4 Å². The first-order valence-corrected chi connectivity index (χ1v) is 10.4. The molecule has 1 aliphatic rings. The lowest BCUT2D eigenvalue weighted by Crippen LogP contribution is -2.39. The zero-order valence-electron chi connectivity index (χ0n) is 13.9. The van der Waals surface area contributed by atoms with Crippen LogP contribution in [0.2, 0.25) is 5.02 Å². The molecule has 0 spiro atoms. The number of hydrogen-bond acceptors (Lipinski definition) is 6. The van der Waals surface area contributed by atoms with Gasteiger partial charge < -0.3 is 15.3 Å². The van der Waals surface area contributed by atoms with Crippen LogP contribution in [0.5, 0.6) is 0 Å². The van der Waals surface area contributed by atoms with Crippen LogP contribution in [-0.4, -0.2) is 51.8 Å². The minimum absolute atomic E-state index is 0.0692. The van der Waals surface area contributed by atoms with Crippen LogP contribution in [-0.2, 0) is 4.79 Å². The summed E-state index contributed by atoms with van der Waals surface area (Å²) in [7, 11) is 0. The largest absolute Gasteiger partial charge is 0.476 e. The number of thioether (sulfide) groups is 1. The molecule has 1 fully saturated rings. The van der Waals surface area contributed by atoms with Crippen molar-refractivity contribution in [3.8, 4) is 0 Å². The van der Waals surface area contributed by atoms with Crippen LogP contribution in [0.4, 0.5) is 5.69 Å². The topological polar surface area (TPSA) is 82.5 Å². The lowest BCUT2D eigenvalue weighted by atomic mass is 10.2. The number of carboxylic acid groups (broad SMARTS) is 1. The predicted molar refractivity (Wildman–Crippen MR) is 104 cm³/mol. The van der Waals surface area contributed by atoms with Crippen LogP contribution in [0.15, 0.2) is 34.0 Å². The molecule has 0 saturated carbocycles. The van der Waals surface area contributed by atoms with Crippen LogP contribution < -0.4 is 5.32 Å². The number of carbonyl (C=O) groups is 2. The summed E-state index contributed by atoms with van der Waals surface area (Å²) in [6, 6.07) is 7.66. The highest BCUT2D eigenvalue weighted by Gasteiger charge is 2.30. The highest BCUT2D eigenvalue weighted by Crippen LogP contribution is 2.25. The van der Waals surface area contributed by atoms with Gasteiger partial charge >= 0.3 is 5.97 Å². The van der Waals surface area contributed by atoms with Crippen LogP contribution in [0, 0.1) is 0 Å². The number of carboxylic acids is 1. The monoisotopic (exact) mass is 411 g/mol. The van der Waals surface area contributed by atoms with E-state index in [4.69, 9.17) is 16.7 Å². The van der Waals surface area contributed by atoms with Gasteiger partial charge in [0.25, 0.3) is 0 Å². The lowest BCUT2D eigenvalue weighted by molar-refractivity contribution is -0.128. The van der Waals surface area contributed by atoms with Crippen molar-refractivity contribution in [1.29, 1.82) is 0 Å². The Kier molecular flexibility index (Phi) is 6.39. The van der Waals surface area contributed by atoms with Crippen molar-refractivity contribution in [3.05, 3.63) is 40.4 Å². The molecule has 1 saturated heterocycles. The van der Waals surface area contributed by atoms with Gasteiger partial charge in [0, 0.05) is 47.4 Å². The average Bonchev–Trinajstić information content (AvgIpc) is 3.23. The van der Waals surface area contributed by atoms with E-state index in [1.807, 2.05) is 29.2 Å². The fourth-order valence-electron chi connectivity index (χ4n) is 2.77. The van der Waals surface area contributed by atoms with Gasteiger partial charge in [0.1, 0.15) is 0 Å². The van der Waals surface area contributed by atoms with E-state index in [0.717, 1.165) is 12.1 Å². The van der Waals surface area contributed by atoms with E-state index in [-0.39, 0.29) is 17.6 Å². The number of nitrogens with one attached hydrogen (secondary N) is 1. The van der Waals surface area contributed by atoms with Gasteiger partial charge in [-0.15, -0.1) is 11.3 Å². The Balaban J connectivity index is 1.49. The molecule has 0 aliphatic carbocycles. The molecule has 26 heavy (non-hydrogen) atoms. The van der Waals surface area contributed by atoms with Gasteiger partial charge in [0.2, 0.25) is 5.91 Å². The van der Waals surface area contributed by atoms with E-state index in [0.29, 0.717) is 34.6 Å². The van der Waals surface area contributed by atoms with Crippen molar-refractivity contribution < 1.29 is 14.7 Å². The number of benzene rings is 1. The van der Waals surface area contributed by atoms with Crippen molar-refractivity contribution in [3.63, 3.8) is 0 Å². The third kappa shape index (κ3) is 4.90. The van der Waals surface area contributed by atoms with Gasteiger partial charge in [-0.25, -0.2) is 9.78 Å². The lowest BCUT2D eigenvalue weighted by Gasteiger charge is -2.25. The molecule has 1 aromatic heterocycles. The van der Waals surface area contributed by atoms with Crippen LogP contribution in [0.25, 0.3) is 0 Å². The molecular formula is C17H18ClN3O3S2. The fraction of sp³-hybridized carbons (Fsp3) is 0.353. The maximum absolute atomic E-state index is 12.2. The number of aromatic carboxylic acids is 1. The van der Waals surface area contributed by atoms with Crippen LogP contribution in [0.1, 0.15) is 23.3 Å². The van der Waals surface area contributed by atoms with Gasteiger partial charge in [0.05, 0.1) is 0 Å². The molecule has 2 aromatic rings. The number of thiazole rings is 1. The maximum Gasteiger partial charge on any atom is 0.355 e. The molecule has 0 radical (unpaired) electrons. The predicted octanol–water partition coefficient (Wildman–Crippen LogP) is 3.69. The van der Waals surface area contributed by atoms with E-state index < -0.39 is 5.97 Å². The first-order chi connectivity index (χ1) is 12.5. The Bertz CT molecular complexity index is 782. The summed E-state index contributed by atoms with van der Waals surface area (Å²) >= 11 is 8.68. The molecule has 138 valence electrons. The minimum atomic E-state index is -1.02. The summed E-state index contributed by atoms with van der Waals surface area (Å²) in [6.45, 7) is 1.32. The number of carbonyl (C=O) groups excluding carboxylic acids is 1. The Morgan fingerprint density at radius 2 is 2.19 bits per heavy atom. The molecule has 1 unspecified atom stereocenters. The molecule has 2 heterocycles. The zero-order chi connectivity index (χ0) is 18.5. The molecule has 1 aromatic carbocycles. The number of rotatable bonds is 8. The van der Waals surface area contributed by atoms with Crippen LogP contribution in [0.3, 0.4) is 0 Å². The number of likely N-dealkylation sites (tertiary alicyclic amines) is 1. The number of nitrogens with zero attached hydrogens (tertiary/aromatic N) is 2. The van der Waals surface area contributed by atoms with Crippen LogP contribution >= 0.6 is 34.7 Å². The number of aromatic nitrogens is 1. The average molecular weight is 412 g/mol. The quantitative estimate of drug-likeness (QED) is 0.644. The molecule has 1 atom stereocenters. The summed E-state index contributed by atoms with van der Waals surface area (Å²) in [5, 5.41) is 14.5. The van der Waals surface area contributed by atoms with E-state index in [1.165, 1.54) is 28.5 Å². The first-order valence-electron chi connectivity index (χ1n) is 8.13. The summed E-state index contributed by atoms with van der Waals surface area (Å²) < 4.78 is 0.713. The summed E-state index contributed by atoms with van der Waals surface area (Å²) in [5.74, 6) is -0.162. The molecule has 2 N–H and O–H groups in total. The van der Waals surface area contributed by atoms with E-state index in [9.17, 15) is 9.59 Å². The highest BCUT2D eigenvalue weighted by molar-refractivity contribution is 8.01. The van der Waals surface area contributed by atoms with Gasteiger partial charge in [-0.3, -0.25) is 4.79 Å². The Hall–Kier alpha value is -1.77. The second kappa shape index (κ2) is 8.75. The molecule has 6 nitrogen and oxygen atoms in total. The first kappa shape index (κ1) is 19.0. The smallest absolute Gasteiger partial charge is 0.355 e. The Labute approximate surface area is 164 Å². The SMILES string of the molecule is O=C(O)c1csc(SCCN2C(=O)CCC2CNc2ccc(Cl)cc2)n1. The molecule has 1 amide bonds. The van der Waals surface area contributed by atoms with Gasteiger partial charge in [-0.2, -0.15) is 0 Å². The molecule has 1 aliphatic heterocycles. The number of anilines is 1. The number of halogens is 1. The minimum Gasteiger partial charge on any atom is -0.476 e. The third-order valence-corrected chi connectivity index (χ3v) is 6.35. The van der Waals surface area contributed by atoms with E-state index >= 15 is 0 Å². The summed E-state index contributed by atoms with van der Waals surface area (Å²) in [6.07, 6.45) is 1.41. The second-order valence-electron chi connectivity index (χ2n) is 5.82. The normalized spacial score (nSPS) is 16.9. The Morgan fingerprint density at radius 1 is 1.42 bits per heavy atom. The van der Waals surface area contributed by atoms with Crippen molar-refractivity contribution >= 4 is 52.3 Å². The molecular weight excluding hydrogens is 394 g/mol. The molecule has 3 rings (SSSR count). The van der Waals surface area contributed by atoms with Crippen molar-refractivity contribution in [2.75, 3.05) is 24.2 Å². The standard InChI is InChI=1S/C17H18ClN3O3S2/c18-11-1-3-12(4-2-11)19-9-13-5-6-15(22)21(13)7-8-25-17-20-14(10-26-17)16(23)24/h1-4,10,13,19H,5-9H2,(H,23,24). The van der Waals surface area contributed by atoms with Crippen molar-refractivity contribution in [2.24, 2.45) is 0 Å². The summed E-state index contributed by atoms with van der Waals surface area (Å²) in [4.78, 5) is 29.0. The summed E-state index contributed by atoms with van der Waals surface area (Å²) in [5.41, 5.74) is 1.05. The molecule has 9 heteroatoms. The fourth-order valence-corrected chi connectivity index (χ4v) is 4.70. The van der Waals surface area contributed by atoms with E-state index in [1.54, 1.807) is 0 Å². The van der Waals surface area contributed by atoms with Gasteiger partial charge in [0.15, 0.2) is 10.0 Å². The molecule has 0 bridgehead atoms. The zero-order valence-corrected chi connectivity index (χ0v) is 16.2. The highest BCUT2D eigenvalue weighted by atomic mass is 35.5. The maximum atomic E-state index is 12.2. The van der Waals surface area contributed by atoms with Crippen molar-refractivity contribution in [2.45, 2.75) is 23.2 Å². The number of amides is 1. The Morgan fingerprint density at radius 3 is 2.88 bits per heavy atom. The van der Waals surface area contributed by atoms with Crippen molar-refractivity contribution in [1.82, 2.24) is 9.88 Å². The third-order valence-electron chi connectivity index (χ3n) is 4.10. The van der Waals surface area contributed by atoms with E-state index in [2.05, 4.69) is 10.3 Å². The number of hydrogen-bond donors (Lipinski definition) is 2.